The summed E-state index contributed by atoms with van der Waals surface area (Å²) in [6, 6.07) is 7.58. The number of nitrogens with zero attached hydrogens (tertiary/aromatic N) is 1. The Bertz CT molecular complexity index is 528. The van der Waals surface area contributed by atoms with Gasteiger partial charge in [-0.2, -0.15) is 0 Å². The number of benzene rings is 1. The molecule has 1 unspecified atom stereocenters. The molecular formula is C16H23N3O2. The van der Waals surface area contributed by atoms with Crippen molar-refractivity contribution in [1.29, 1.82) is 0 Å². The minimum atomic E-state index is -0.339. The summed E-state index contributed by atoms with van der Waals surface area (Å²) in [4.78, 5) is 25.3. The summed E-state index contributed by atoms with van der Waals surface area (Å²) in [7, 11) is 0. The van der Waals surface area contributed by atoms with E-state index in [1.165, 1.54) is 0 Å². The summed E-state index contributed by atoms with van der Waals surface area (Å²) >= 11 is 0. The van der Waals surface area contributed by atoms with Crippen molar-refractivity contribution in [3.63, 3.8) is 0 Å². The quantitative estimate of drug-likeness (QED) is 0.802. The Kier molecular flexibility index (Phi) is 4.96. The smallest absolute Gasteiger partial charge is 0.249 e. The molecule has 0 aliphatic carbocycles. The predicted octanol–water partition coefficient (Wildman–Crippen LogP) is 1.28. The molecule has 5 heteroatoms. The molecule has 0 radical (unpaired) electrons. The van der Waals surface area contributed by atoms with Crippen LogP contribution in [0.3, 0.4) is 0 Å². The summed E-state index contributed by atoms with van der Waals surface area (Å²) in [6.45, 7) is 8.02. The fourth-order valence-electron chi connectivity index (χ4n) is 2.44. The van der Waals surface area contributed by atoms with Crippen molar-refractivity contribution in [3.05, 3.63) is 29.8 Å². The first-order valence-corrected chi connectivity index (χ1v) is 7.38. The van der Waals surface area contributed by atoms with Crippen LogP contribution >= 0.6 is 0 Å². The summed E-state index contributed by atoms with van der Waals surface area (Å²) in [6.07, 6.45) is 0. The molecule has 5 nitrogen and oxygen atoms in total. The second-order valence-corrected chi connectivity index (χ2v) is 5.87. The maximum atomic E-state index is 11.8. The van der Waals surface area contributed by atoms with Crippen LogP contribution in [0.2, 0.25) is 0 Å². The first-order chi connectivity index (χ1) is 9.99. The Morgan fingerprint density at radius 1 is 1.33 bits per heavy atom. The van der Waals surface area contributed by atoms with E-state index in [0.717, 1.165) is 24.3 Å². The Hall–Kier alpha value is -1.88. The van der Waals surface area contributed by atoms with Gasteiger partial charge in [0, 0.05) is 12.2 Å². The third kappa shape index (κ3) is 3.82. The van der Waals surface area contributed by atoms with Crippen molar-refractivity contribution in [2.45, 2.75) is 33.4 Å². The van der Waals surface area contributed by atoms with Crippen LogP contribution in [0.15, 0.2) is 24.3 Å². The van der Waals surface area contributed by atoms with Crippen molar-refractivity contribution < 1.29 is 9.59 Å². The van der Waals surface area contributed by atoms with Crippen LogP contribution < -0.4 is 15.5 Å². The number of amides is 2. The maximum absolute atomic E-state index is 11.8. The molecule has 0 saturated carbocycles. The van der Waals surface area contributed by atoms with Crippen LogP contribution in [0, 0.1) is 5.92 Å². The highest BCUT2D eigenvalue weighted by Crippen LogP contribution is 2.23. The lowest BCUT2D eigenvalue weighted by Gasteiger charge is -2.35. The van der Waals surface area contributed by atoms with E-state index in [2.05, 4.69) is 24.5 Å². The highest BCUT2D eigenvalue weighted by Gasteiger charge is 2.31. The number of hydrogen-bond donors (Lipinski definition) is 2. The van der Waals surface area contributed by atoms with E-state index in [0.29, 0.717) is 5.92 Å². The lowest BCUT2D eigenvalue weighted by atomic mass is 10.1. The van der Waals surface area contributed by atoms with Gasteiger partial charge in [0.2, 0.25) is 11.8 Å². The second kappa shape index (κ2) is 6.72. The molecule has 1 heterocycles. The molecule has 1 aliphatic rings. The Morgan fingerprint density at radius 2 is 2.05 bits per heavy atom. The molecule has 2 N–H and O–H groups in total. The average molecular weight is 289 g/mol. The van der Waals surface area contributed by atoms with Crippen LogP contribution in [0.5, 0.6) is 0 Å². The van der Waals surface area contributed by atoms with Crippen LogP contribution in [0.4, 0.5) is 5.69 Å². The molecule has 0 spiro atoms. The molecule has 1 saturated heterocycles. The molecule has 1 aromatic rings. The Labute approximate surface area is 125 Å². The highest BCUT2D eigenvalue weighted by atomic mass is 16.2. The van der Waals surface area contributed by atoms with Crippen molar-refractivity contribution in [3.8, 4) is 0 Å². The van der Waals surface area contributed by atoms with Gasteiger partial charge in [0.05, 0.1) is 6.54 Å². The van der Waals surface area contributed by atoms with Crippen molar-refractivity contribution in [1.82, 2.24) is 10.6 Å². The van der Waals surface area contributed by atoms with Gasteiger partial charge in [0.1, 0.15) is 6.04 Å². The van der Waals surface area contributed by atoms with E-state index in [9.17, 15) is 9.59 Å². The lowest BCUT2D eigenvalue weighted by molar-refractivity contribution is -0.132. The molecule has 0 aromatic heterocycles. The van der Waals surface area contributed by atoms with Gasteiger partial charge in [0.25, 0.3) is 0 Å². The molecule has 2 rings (SSSR count). The number of rotatable bonds is 5. The van der Waals surface area contributed by atoms with Crippen LogP contribution in [-0.2, 0) is 16.1 Å². The Morgan fingerprint density at radius 3 is 2.76 bits per heavy atom. The molecular weight excluding hydrogens is 266 g/mol. The van der Waals surface area contributed by atoms with E-state index in [1.807, 2.05) is 36.1 Å². The third-order valence-corrected chi connectivity index (χ3v) is 3.59. The normalized spacial score (nSPS) is 19.0. The number of carbonyl (C=O) groups is 2. The van der Waals surface area contributed by atoms with Gasteiger partial charge in [-0.1, -0.05) is 32.0 Å². The number of imide groups is 1. The van der Waals surface area contributed by atoms with Gasteiger partial charge >= 0.3 is 0 Å². The fourth-order valence-corrected chi connectivity index (χ4v) is 2.44. The number of anilines is 1. The number of hydrogen-bond acceptors (Lipinski definition) is 4. The van der Waals surface area contributed by atoms with Crippen molar-refractivity contribution >= 4 is 17.5 Å². The number of nitrogens with one attached hydrogen (secondary N) is 2. The Balaban J connectivity index is 2.18. The third-order valence-electron chi connectivity index (χ3n) is 3.59. The van der Waals surface area contributed by atoms with Crippen LogP contribution in [-0.4, -0.2) is 30.9 Å². The monoisotopic (exact) mass is 289 g/mol. The van der Waals surface area contributed by atoms with E-state index in [4.69, 9.17) is 0 Å². The first kappa shape index (κ1) is 15.5. The zero-order valence-corrected chi connectivity index (χ0v) is 12.8. The molecule has 0 bridgehead atoms. The van der Waals surface area contributed by atoms with Gasteiger partial charge in [-0.15, -0.1) is 0 Å². The fraction of sp³-hybridized carbons (Fsp3) is 0.500. The second-order valence-electron chi connectivity index (χ2n) is 5.87. The zero-order valence-electron chi connectivity index (χ0n) is 12.8. The zero-order chi connectivity index (χ0) is 15.4. The minimum absolute atomic E-state index is 0.216. The lowest BCUT2D eigenvalue weighted by Crippen LogP contribution is -2.57. The van der Waals surface area contributed by atoms with Gasteiger partial charge in [-0.3, -0.25) is 14.9 Å². The van der Waals surface area contributed by atoms with E-state index in [1.54, 1.807) is 0 Å². The van der Waals surface area contributed by atoms with Crippen LogP contribution in [0.1, 0.15) is 26.3 Å². The maximum Gasteiger partial charge on any atom is 0.249 e. The summed E-state index contributed by atoms with van der Waals surface area (Å²) in [5.74, 6) is 0.0951. The van der Waals surface area contributed by atoms with Crippen LogP contribution in [0.25, 0.3) is 0 Å². The molecule has 1 fully saturated rings. The van der Waals surface area contributed by atoms with Crippen molar-refractivity contribution in [2.75, 3.05) is 18.0 Å². The SMILES string of the molecule is CC(C)CNCc1ccccc1N1CC(=O)NC(=O)C1C. The van der Waals surface area contributed by atoms with Crippen molar-refractivity contribution in [2.24, 2.45) is 5.92 Å². The van der Waals surface area contributed by atoms with Gasteiger partial charge < -0.3 is 10.2 Å². The average Bonchev–Trinajstić information content (AvgIpc) is 2.43. The van der Waals surface area contributed by atoms with E-state index < -0.39 is 0 Å². The molecule has 1 atom stereocenters. The van der Waals surface area contributed by atoms with Gasteiger partial charge in [-0.25, -0.2) is 0 Å². The minimum Gasteiger partial charge on any atom is -0.350 e. The molecule has 114 valence electrons. The summed E-state index contributed by atoms with van der Waals surface area (Å²) < 4.78 is 0. The van der Waals surface area contributed by atoms with E-state index in [-0.39, 0.29) is 24.4 Å². The topological polar surface area (TPSA) is 61.4 Å². The van der Waals surface area contributed by atoms with E-state index >= 15 is 0 Å². The summed E-state index contributed by atoms with van der Waals surface area (Å²) in [5.41, 5.74) is 2.05. The molecule has 1 aliphatic heterocycles. The van der Waals surface area contributed by atoms with Gasteiger partial charge in [0.15, 0.2) is 0 Å². The summed E-state index contributed by atoms with van der Waals surface area (Å²) in [5, 5.41) is 5.78. The standard InChI is InChI=1S/C16H23N3O2/c1-11(2)8-17-9-13-6-4-5-7-14(13)19-10-15(20)18-16(21)12(19)3/h4-7,11-12,17H,8-10H2,1-3H3,(H,18,20,21). The molecule has 21 heavy (non-hydrogen) atoms. The number of para-hydroxylation sites is 1. The molecule has 2 amide bonds. The first-order valence-electron chi connectivity index (χ1n) is 7.38. The molecule has 1 aromatic carbocycles. The number of piperazine rings is 1. The number of carbonyl (C=O) groups excluding carboxylic acids is 2. The van der Waals surface area contributed by atoms with Gasteiger partial charge in [-0.05, 0) is 31.0 Å². The largest absolute Gasteiger partial charge is 0.350 e. The highest BCUT2D eigenvalue weighted by molar-refractivity contribution is 6.04. The predicted molar refractivity (Wildman–Crippen MR) is 82.9 cm³/mol.